The third kappa shape index (κ3) is 4.53. The number of phenolic OH excluding ortho intramolecular Hbond substituents is 1. The number of aromatic hydroxyl groups is 1. The molecule has 0 amide bonds. The van der Waals surface area contributed by atoms with Gasteiger partial charge in [-0.1, -0.05) is 32.1 Å². The van der Waals surface area contributed by atoms with Gasteiger partial charge in [0.25, 0.3) is 0 Å². The van der Waals surface area contributed by atoms with Crippen molar-refractivity contribution < 1.29 is 9.84 Å². The minimum atomic E-state index is -0.0179. The number of methoxy groups -OCH3 is 1. The number of halogens is 1. The molecule has 4 nitrogen and oxygen atoms in total. The van der Waals surface area contributed by atoms with Crippen molar-refractivity contribution in [2.24, 2.45) is 5.41 Å². The molecule has 5 heteroatoms. The maximum absolute atomic E-state index is 9.88. The quantitative estimate of drug-likeness (QED) is 0.703. The zero-order valence-corrected chi connectivity index (χ0v) is 16.0. The summed E-state index contributed by atoms with van der Waals surface area (Å²) in [6.45, 7) is 4.25. The van der Waals surface area contributed by atoms with Crippen LogP contribution in [0.2, 0.25) is 0 Å². The SMILES string of the molecule is COc1cc(/C=C/C2=CC(=C(C#N)C#N)CC(C)(C)C2)cc(Br)c1O. The van der Waals surface area contributed by atoms with E-state index in [0.29, 0.717) is 16.6 Å². The van der Waals surface area contributed by atoms with E-state index in [1.54, 1.807) is 12.1 Å². The van der Waals surface area contributed by atoms with E-state index >= 15 is 0 Å². The first-order valence-electron chi connectivity index (χ1n) is 7.78. The summed E-state index contributed by atoms with van der Waals surface area (Å²) in [6, 6.07) is 7.51. The predicted molar refractivity (Wildman–Crippen MR) is 101 cm³/mol. The van der Waals surface area contributed by atoms with E-state index in [-0.39, 0.29) is 16.7 Å². The van der Waals surface area contributed by atoms with Gasteiger partial charge >= 0.3 is 0 Å². The number of nitrogens with zero attached hydrogens (tertiary/aromatic N) is 2. The van der Waals surface area contributed by atoms with Gasteiger partial charge < -0.3 is 9.84 Å². The zero-order chi connectivity index (χ0) is 18.6. The molecule has 0 spiro atoms. The van der Waals surface area contributed by atoms with E-state index in [1.165, 1.54) is 7.11 Å². The predicted octanol–water partition coefficient (Wildman–Crippen LogP) is 5.27. The van der Waals surface area contributed by atoms with Gasteiger partial charge in [-0.25, -0.2) is 0 Å². The molecule has 1 aromatic carbocycles. The van der Waals surface area contributed by atoms with Gasteiger partial charge in [0.15, 0.2) is 11.5 Å². The Kier molecular flexibility index (Phi) is 5.72. The normalized spacial score (nSPS) is 16.1. The van der Waals surface area contributed by atoms with Gasteiger partial charge in [0.05, 0.1) is 11.6 Å². The topological polar surface area (TPSA) is 77.0 Å². The molecule has 1 aliphatic rings. The van der Waals surface area contributed by atoms with Crippen molar-refractivity contribution in [2.45, 2.75) is 26.7 Å². The van der Waals surface area contributed by atoms with Crippen molar-refractivity contribution in [1.29, 1.82) is 10.5 Å². The summed E-state index contributed by atoms with van der Waals surface area (Å²) in [7, 11) is 1.50. The average Bonchev–Trinajstić information content (AvgIpc) is 2.55. The monoisotopic (exact) mass is 398 g/mol. The second-order valence-electron chi connectivity index (χ2n) is 6.75. The molecule has 0 bridgehead atoms. The minimum absolute atomic E-state index is 0.0179. The lowest BCUT2D eigenvalue weighted by molar-refractivity contribution is 0.354. The van der Waals surface area contributed by atoms with Crippen LogP contribution < -0.4 is 4.74 Å². The number of phenols is 1. The van der Waals surface area contributed by atoms with Crippen molar-refractivity contribution in [2.75, 3.05) is 7.11 Å². The molecule has 0 atom stereocenters. The van der Waals surface area contributed by atoms with Crippen LogP contribution in [-0.2, 0) is 0 Å². The highest BCUT2D eigenvalue weighted by Gasteiger charge is 2.26. The Morgan fingerprint density at radius 1 is 1.24 bits per heavy atom. The Bertz CT molecular complexity index is 849. The first-order valence-corrected chi connectivity index (χ1v) is 8.57. The molecule has 1 aliphatic carbocycles. The summed E-state index contributed by atoms with van der Waals surface area (Å²) >= 11 is 3.31. The van der Waals surface area contributed by atoms with Gasteiger partial charge in [-0.3, -0.25) is 0 Å². The summed E-state index contributed by atoms with van der Waals surface area (Å²) < 4.78 is 5.72. The highest BCUT2D eigenvalue weighted by atomic mass is 79.9. The van der Waals surface area contributed by atoms with Crippen LogP contribution in [0.5, 0.6) is 11.5 Å². The Hall–Kier alpha value is -2.50. The second-order valence-corrected chi connectivity index (χ2v) is 7.60. The average molecular weight is 399 g/mol. The van der Waals surface area contributed by atoms with Crippen LogP contribution in [0, 0.1) is 28.1 Å². The lowest BCUT2D eigenvalue weighted by Gasteiger charge is -2.30. The number of nitriles is 2. The molecule has 0 saturated carbocycles. The van der Waals surface area contributed by atoms with E-state index in [4.69, 9.17) is 15.3 Å². The van der Waals surface area contributed by atoms with Crippen molar-refractivity contribution in [3.63, 3.8) is 0 Å². The van der Waals surface area contributed by atoms with Gasteiger partial charge in [0, 0.05) is 0 Å². The lowest BCUT2D eigenvalue weighted by atomic mass is 9.74. The highest BCUT2D eigenvalue weighted by Crippen LogP contribution is 2.40. The minimum Gasteiger partial charge on any atom is -0.503 e. The molecule has 2 rings (SSSR count). The molecule has 1 aromatic rings. The van der Waals surface area contributed by atoms with Gasteiger partial charge in [0.2, 0.25) is 0 Å². The summed E-state index contributed by atoms with van der Waals surface area (Å²) in [5, 5.41) is 28.2. The van der Waals surface area contributed by atoms with Crippen molar-refractivity contribution in [1.82, 2.24) is 0 Å². The molecule has 0 saturated heterocycles. The Labute approximate surface area is 156 Å². The summed E-state index contributed by atoms with van der Waals surface area (Å²) in [6.07, 6.45) is 7.39. The summed E-state index contributed by atoms with van der Waals surface area (Å²) in [4.78, 5) is 0. The van der Waals surface area contributed by atoms with Crippen molar-refractivity contribution in [3.8, 4) is 23.6 Å². The van der Waals surface area contributed by atoms with Crippen LogP contribution in [0.15, 0.2) is 45.5 Å². The first kappa shape index (κ1) is 18.8. The van der Waals surface area contributed by atoms with Crippen molar-refractivity contribution >= 4 is 22.0 Å². The molecule has 0 aliphatic heterocycles. The largest absolute Gasteiger partial charge is 0.503 e. The Morgan fingerprint density at radius 3 is 2.52 bits per heavy atom. The van der Waals surface area contributed by atoms with E-state index in [0.717, 1.165) is 23.1 Å². The Morgan fingerprint density at radius 2 is 1.92 bits per heavy atom. The summed E-state index contributed by atoms with van der Waals surface area (Å²) in [5.41, 5.74) is 2.86. The second kappa shape index (κ2) is 7.59. The van der Waals surface area contributed by atoms with E-state index in [2.05, 4.69) is 29.8 Å². The smallest absolute Gasteiger partial charge is 0.172 e. The molecule has 128 valence electrons. The third-order valence-corrected chi connectivity index (χ3v) is 4.62. The fraction of sp³-hybridized carbons (Fsp3) is 0.300. The number of ether oxygens (including phenoxy) is 1. The van der Waals surface area contributed by atoms with Gasteiger partial charge in [-0.05, 0) is 63.0 Å². The standard InChI is InChI=1S/C20H19BrN2O2/c1-20(2)9-14(6-15(10-20)16(11-22)12-23)5-4-13-7-17(21)19(24)18(8-13)25-3/h4-8,24H,9-10H2,1-3H3/b5-4+. The zero-order valence-electron chi connectivity index (χ0n) is 14.4. The molecular weight excluding hydrogens is 380 g/mol. The maximum atomic E-state index is 9.88. The Balaban J connectivity index is 2.40. The number of benzene rings is 1. The number of hydrogen-bond acceptors (Lipinski definition) is 4. The van der Waals surface area contributed by atoms with Crippen LogP contribution in [0.25, 0.3) is 6.08 Å². The lowest BCUT2D eigenvalue weighted by Crippen LogP contribution is -2.17. The fourth-order valence-electron chi connectivity index (χ4n) is 2.94. The third-order valence-electron chi connectivity index (χ3n) is 4.02. The van der Waals surface area contributed by atoms with Crippen molar-refractivity contribution in [3.05, 3.63) is 51.0 Å². The van der Waals surface area contributed by atoms with Crippen LogP contribution in [0.3, 0.4) is 0 Å². The van der Waals surface area contributed by atoms with Crippen LogP contribution in [0.1, 0.15) is 32.3 Å². The van der Waals surface area contributed by atoms with Crippen LogP contribution >= 0.6 is 15.9 Å². The number of rotatable bonds is 3. The summed E-state index contributed by atoms with van der Waals surface area (Å²) in [5.74, 6) is 0.458. The first-order chi connectivity index (χ1) is 11.8. The maximum Gasteiger partial charge on any atom is 0.172 e. The molecule has 1 N–H and O–H groups in total. The molecule has 0 radical (unpaired) electrons. The highest BCUT2D eigenvalue weighted by molar-refractivity contribution is 9.10. The van der Waals surface area contributed by atoms with Gasteiger partial charge in [0.1, 0.15) is 17.7 Å². The molecule has 25 heavy (non-hydrogen) atoms. The number of allylic oxidation sites excluding steroid dienone is 5. The van der Waals surface area contributed by atoms with Gasteiger partial charge in [-0.2, -0.15) is 10.5 Å². The van der Waals surface area contributed by atoms with Crippen LogP contribution in [0.4, 0.5) is 0 Å². The molecular formula is C20H19BrN2O2. The van der Waals surface area contributed by atoms with Gasteiger partial charge in [-0.15, -0.1) is 0 Å². The molecule has 0 aromatic heterocycles. The molecule has 0 fully saturated rings. The van der Waals surface area contributed by atoms with E-state index in [1.807, 2.05) is 30.4 Å². The van der Waals surface area contributed by atoms with E-state index in [9.17, 15) is 5.11 Å². The molecule has 0 unspecified atom stereocenters. The fourth-order valence-corrected chi connectivity index (χ4v) is 3.40. The van der Waals surface area contributed by atoms with E-state index < -0.39 is 0 Å². The van der Waals surface area contributed by atoms with Crippen LogP contribution in [-0.4, -0.2) is 12.2 Å². The number of hydrogen-bond donors (Lipinski definition) is 1. The molecule has 0 heterocycles.